The Balaban J connectivity index is 2.26. The summed E-state index contributed by atoms with van der Waals surface area (Å²) in [6.07, 6.45) is 5.65. The highest BCUT2D eigenvalue weighted by molar-refractivity contribution is 5.96. The molecule has 2 aromatic heterocycles. The fraction of sp³-hybridized carbons (Fsp3) is 0. The first-order valence-corrected chi connectivity index (χ1v) is 5.86. The molecule has 1 N–H and O–H groups in total. The number of carboxylic acid groups (broad SMARTS) is 1. The first-order chi connectivity index (χ1) is 10.1. The molecule has 0 radical (unpaired) electrons. The van der Waals surface area contributed by atoms with E-state index in [0.29, 0.717) is 16.5 Å². The number of carbonyl (C=O) groups is 1. The van der Waals surface area contributed by atoms with Gasteiger partial charge in [0.1, 0.15) is 6.33 Å². The maximum absolute atomic E-state index is 11.0. The lowest BCUT2D eigenvalue weighted by molar-refractivity contribution is -0.383. The van der Waals surface area contributed by atoms with Gasteiger partial charge in [0.05, 0.1) is 16.0 Å². The first kappa shape index (κ1) is 12.7. The molecule has 0 fully saturated rings. The first-order valence-electron chi connectivity index (χ1n) is 5.86. The fourth-order valence-electron chi connectivity index (χ4n) is 2.11. The number of hydrogen-bond acceptors (Lipinski definition) is 5. The van der Waals surface area contributed by atoms with E-state index in [-0.39, 0.29) is 11.4 Å². The molecular formula is C13H8N4O4. The Morgan fingerprint density at radius 2 is 2.10 bits per heavy atom. The molecule has 0 aliphatic carbocycles. The van der Waals surface area contributed by atoms with E-state index in [0.717, 1.165) is 0 Å². The molecule has 1 aromatic carbocycles. The van der Waals surface area contributed by atoms with E-state index in [1.165, 1.54) is 41.6 Å². The van der Waals surface area contributed by atoms with Gasteiger partial charge in [0.25, 0.3) is 5.69 Å². The molecule has 21 heavy (non-hydrogen) atoms. The second kappa shape index (κ2) is 4.67. The Morgan fingerprint density at radius 1 is 1.29 bits per heavy atom. The molecule has 3 rings (SSSR count). The van der Waals surface area contributed by atoms with Crippen molar-refractivity contribution in [1.82, 2.24) is 14.5 Å². The fourth-order valence-corrected chi connectivity index (χ4v) is 2.11. The lowest BCUT2D eigenvalue weighted by atomic mass is 10.1. The Morgan fingerprint density at radius 3 is 2.76 bits per heavy atom. The second-order valence-electron chi connectivity index (χ2n) is 4.25. The molecule has 0 atom stereocenters. The number of rotatable bonds is 3. The number of fused-ring (bicyclic) bond motifs is 1. The Hall–Kier alpha value is -3.29. The minimum Gasteiger partial charge on any atom is -0.476 e. The summed E-state index contributed by atoms with van der Waals surface area (Å²) in [5.41, 5.74) is 0.434. The van der Waals surface area contributed by atoms with Gasteiger partial charge in [-0.25, -0.2) is 9.78 Å². The van der Waals surface area contributed by atoms with Crippen LogP contribution in [0.2, 0.25) is 0 Å². The van der Waals surface area contributed by atoms with Crippen LogP contribution in [0.3, 0.4) is 0 Å². The number of carboxylic acids is 1. The zero-order valence-electron chi connectivity index (χ0n) is 10.5. The molecule has 0 amide bonds. The van der Waals surface area contributed by atoms with Crippen LogP contribution in [0.4, 0.5) is 5.69 Å². The van der Waals surface area contributed by atoms with Crippen LogP contribution in [0.1, 0.15) is 10.5 Å². The van der Waals surface area contributed by atoms with Gasteiger partial charge in [-0.1, -0.05) is 0 Å². The minimum atomic E-state index is -1.14. The molecule has 0 aliphatic rings. The Bertz CT molecular complexity index is 871. The van der Waals surface area contributed by atoms with Gasteiger partial charge in [-0.2, -0.15) is 0 Å². The molecule has 2 heterocycles. The summed E-state index contributed by atoms with van der Waals surface area (Å²) in [5, 5.41) is 20.9. The molecule has 0 bridgehead atoms. The van der Waals surface area contributed by atoms with Crippen molar-refractivity contribution < 1.29 is 14.8 Å². The zero-order chi connectivity index (χ0) is 15.0. The summed E-state index contributed by atoms with van der Waals surface area (Å²) in [6.45, 7) is 0. The predicted molar refractivity (Wildman–Crippen MR) is 72.5 cm³/mol. The van der Waals surface area contributed by atoms with Gasteiger partial charge in [-0.05, 0) is 12.1 Å². The molecular weight excluding hydrogens is 276 g/mol. The molecule has 0 spiro atoms. The van der Waals surface area contributed by atoms with Crippen molar-refractivity contribution >= 4 is 22.4 Å². The van der Waals surface area contributed by atoms with Crippen molar-refractivity contribution in [3.63, 3.8) is 0 Å². The Labute approximate surface area is 117 Å². The van der Waals surface area contributed by atoms with Crippen molar-refractivity contribution in [2.24, 2.45) is 0 Å². The highest BCUT2D eigenvalue weighted by Crippen LogP contribution is 2.29. The lowest BCUT2D eigenvalue weighted by Gasteiger charge is -2.07. The maximum atomic E-state index is 11.0. The Kier molecular flexibility index (Phi) is 2.83. The number of pyridine rings is 1. The monoisotopic (exact) mass is 284 g/mol. The van der Waals surface area contributed by atoms with Gasteiger partial charge < -0.3 is 9.67 Å². The van der Waals surface area contributed by atoms with Crippen molar-refractivity contribution in [3.8, 4) is 5.69 Å². The van der Waals surface area contributed by atoms with E-state index in [2.05, 4.69) is 9.97 Å². The van der Waals surface area contributed by atoms with E-state index in [1.54, 1.807) is 6.07 Å². The number of nitro benzene ring substituents is 1. The van der Waals surface area contributed by atoms with Gasteiger partial charge in [0, 0.05) is 30.0 Å². The summed E-state index contributed by atoms with van der Waals surface area (Å²) < 4.78 is 1.50. The van der Waals surface area contributed by atoms with Crippen LogP contribution in [-0.4, -0.2) is 30.5 Å². The van der Waals surface area contributed by atoms with Crippen LogP contribution in [0, 0.1) is 10.1 Å². The number of nitrogens with zero attached hydrogens (tertiary/aromatic N) is 4. The van der Waals surface area contributed by atoms with Gasteiger partial charge in [-0.3, -0.25) is 15.1 Å². The highest BCUT2D eigenvalue weighted by Gasteiger charge is 2.16. The number of hydrogen-bond donors (Lipinski definition) is 1. The van der Waals surface area contributed by atoms with Gasteiger partial charge in [0.15, 0.2) is 5.69 Å². The summed E-state index contributed by atoms with van der Waals surface area (Å²) in [4.78, 5) is 29.2. The molecule has 0 unspecified atom stereocenters. The molecule has 3 aromatic rings. The molecule has 8 nitrogen and oxygen atoms in total. The molecule has 0 aliphatic heterocycles. The van der Waals surface area contributed by atoms with Crippen molar-refractivity contribution in [2.75, 3.05) is 0 Å². The number of aromatic carboxylic acids is 1. The average Bonchev–Trinajstić information content (AvgIpc) is 2.95. The van der Waals surface area contributed by atoms with Crippen molar-refractivity contribution in [3.05, 3.63) is 58.9 Å². The van der Waals surface area contributed by atoms with Crippen LogP contribution in [-0.2, 0) is 0 Å². The predicted octanol–water partition coefficient (Wildman–Crippen LogP) is 2.03. The normalized spacial score (nSPS) is 10.7. The smallest absolute Gasteiger partial charge is 0.356 e. The highest BCUT2D eigenvalue weighted by atomic mass is 16.6. The van der Waals surface area contributed by atoms with E-state index in [1.807, 2.05) is 0 Å². The van der Waals surface area contributed by atoms with Crippen molar-refractivity contribution in [2.45, 2.75) is 0 Å². The van der Waals surface area contributed by atoms with Gasteiger partial charge >= 0.3 is 5.97 Å². The number of nitro groups is 1. The number of aromatic nitrogens is 3. The van der Waals surface area contributed by atoms with Crippen LogP contribution >= 0.6 is 0 Å². The van der Waals surface area contributed by atoms with E-state index in [9.17, 15) is 14.9 Å². The quantitative estimate of drug-likeness (QED) is 0.581. The largest absolute Gasteiger partial charge is 0.476 e. The third-order valence-electron chi connectivity index (χ3n) is 3.05. The van der Waals surface area contributed by atoms with Gasteiger partial charge in [0.2, 0.25) is 0 Å². The number of benzene rings is 1. The molecule has 0 saturated carbocycles. The molecule has 8 heteroatoms. The standard InChI is InChI=1S/C13H8N4O4/c18-13(19)10-6-16(7-15-10)11-1-2-12(17(20)21)8-3-4-14-5-9(8)11/h1-7H,(H,18,19). The molecule has 0 saturated heterocycles. The van der Waals surface area contributed by atoms with Crippen LogP contribution in [0.5, 0.6) is 0 Å². The van der Waals surface area contributed by atoms with Crippen LogP contribution < -0.4 is 0 Å². The minimum absolute atomic E-state index is 0.0327. The van der Waals surface area contributed by atoms with Crippen molar-refractivity contribution in [1.29, 1.82) is 0 Å². The van der Waals surface area contributed by atoms with E-state index >= 15 is 0 Å². The summed E-state index contributed by atoms with van der Waals surface area (Å²) in [7, 11) is 0. The summed E-state index contributed by atoms with van der Waals surface area (Å²) >= 11 is 0. The third-order valence-corrected chi connectivity index (χ3v) is 3.05. The lowest BCUT2D eigenvalue weighted by Crippen LogP contribution is -1.97. The van der Waals surface area contributed by atoms with E-state index < -0.39 is 10.9 Å². The SMILES string of the molecule is O=C(O)c1cn(-c2ccc([N+](=O)[O-])c3ccncc23)cn1. The second-order valence-corrected chi connectivity index (χ2v) is 4.25. The number of non-ortho nitro benzene ring substituents is 1. The topological polar surface area (TPSA) is 111 Å². The number of imidazole rings is 1. The van der Waals surface area contributed by atoms with E-state index in [4.69, 9.17) is 5.11 Å². The summed E-state index contributed by atoms with van der Waals surface area (Å²) in [5.74, 6) is -1.14. The zero-order valence-corrected chi connectivity index (χ0v) is 10.5. The van der Waals surface area contributed by atoms with Gasteiger partial charge in [-0.15, -0.1) is 0 Å². The van der Waals surface area contributed by atoms with Crippen LogP contribution in [0.15, 0.2) is 43.1 Å². The maximum Gasteiger partial charge on any atom is 0.356 e. The third kappa shape index (κ3) is 2.08. The molecule has 104 valence electrons. The average molecular weight is 284 g/mol. The summed E-state index contributed by atoms with van der Waals surface area (Å²) in [6, 6.07) is 4.46. The van der Waals surface area contributed by atoms with Crippen LogP contribution in [0.25, 0.3) is 16.5 Å².